The number of benzene rings is 1. The van der Waals surface area contributed by atoms with Crippen LogP contribution in [0.2, 0.25) is 0 Å². The molecule has 2 unspecified atom stereocenters. The molecular formula is C27H46N2O6S2. The van der Waals surface area contributed by atoms with Crippen LogP contribution in [0.4, 0.5) is 0 Å². The first-order valence-corrected chi connectivity index (χ1v) is 16.9. The lowest BCUT2D eigenvalue weighted by Crippen LogP contribution is -2.28. The Labute approximate surface area is 223 Å². The van der Waals surface area contributed by atoms with E-state index in [0.717, 1.165) is 19.3 Å². The number of nitrogens with one attached hydrogen (secondary N) is 1. The Kier molecular flexibility index (Phi) is 13.6. The zero-order valence-corrected chi connectivity index (χ0v) is 24.1. The molecule has 37 heavy (non-hydrogen) atoms. The third kappa shape index (κ3) is 11.8. The zero-order valence-electron chi connectivity index (χ0n) is 22.5. The van der Waals surface area contributed by atoms with Crippen LogP contribution in [0.15, 0.2) is 23.1 Å². The van der Waals surface area contributed by atoms with Gasteiger partial charge < -0.3 is 4.98 Å². The fourth-order valence-corrected chi connectivity index (χ4v) is 6.12. The van der Waals surface area contributed by atoms with Gasteiger partial charge in [-0.15, -0.1) is 0 Å². The highest BCUT2D eigenvalue weighted by Crippen LogP contribution is 2.25. The van der Waals surface area contributed by atoms with Crippen molar-refractivity contribution < 1.29 is 25.9 Å². The molecule has 0 saturated heterocycles. The zero-order chi connectivity index (χ0) is 27.3. The molecule has 0 bridgehead atoms. The first-order chi connectivity index (χ1) is 17.5. The maximum atomic E-state index is 11.9. The minimum atomic E-state index is -4.33. The van der Waals surface area contributed by atoms with Crippen molar-refractivity contribution in [3.8, 4) is 0 Å². The van der Waals surface area contributed by atoms with Gasteiger partial charge >= 0.3 is 0 Å². The van der Waals surface area contributed by atoms with Crippen LogP contribution in [-0.2, 0) is 26.7 Å². The highest BCUT2D eigenvalue weighted by molar-refractivity contribution is 7.86. The molecule has 2 atom stereocenters. The van der Waals surface area contributed by atoms with Crippen molar-refractivity contribution in [1.82, 2.24) is 9.97 Å². The fraction of sp³-hybridized carbons (Fsp3) is 0.741. The van der Waals surface area contributed by atoms with E-state index in [2.05, 4.69) is 16.9 Å². The standard InChI is InChI=1S/C27H46N2O6S2/c1-3-4-5-6-7-8-9-10-11-12-13-14-15-16-17-23(22(2)36(30,31)32)20-27-28-25-19-18-24(37(33,34)35)21-26(25)29-27/h18-19,21-23H,3-17,20H2,1-2H3,(H,28,29)(H,30,31,32)(H,33,34,35). The molecule has 0 aliphatic heterocycles. The molecule has 10 heteroatoms. The third-order valence-electron chi connectivity index (χ3n) is 7.32. The fourth-order valence-electron chi connectivity index (χ4n) is 4.89. The van der Waals surface area contributed by atoms with E-state index >= 15 is 0 Å². The van der Waals surface area contributed by atoms with E-state index in [1.807, 2.05) is 0 Å². The Morgan fingerprint density at radius 2 is 1.32 bits per heavy atom. The number of unbranched alkanes of at least 4 members (excludes halogenated alkanes) is 13. The molecule has 0 aliphatic rings. The molecule has 1 aromatic heterocycles. The third-order valence-corrected chi connectivity index (χ3v) is 9.49. The predicted molar refractivity (Wildman–Crippen MR) is 149 cm³/mol. The summed E-state index contributed by atoms with van der Waals surface area (Å²) < 4.78 is 65.5. The van der Waals surface area contributed by atoms with E-state index in [1.165, 1.54) is 95.8 Å². The number of H-pyrrole nitrogens is 1. The Balaban J connectivity index is 1.76. The lowest BCUT2D eigenvalue weighted by molar-refractivity contribution is 0.393. The van der Waals surface area contributed by atoms with Crippen LogP contribution in [0.5, 0.6) is 0 Å². The molecule has 0 saturated carbocycles. The van der Waals surface area contributed by atoms with Gasteiger partial charge in [0, 0.05) is 6.42 Å². The summed E-state index contributed by atoms with van der Waals surface area (Å²) >= 11 is 0. The van der Waals surface area contributed by atoms with E-state index < -0.39 is 25.5 Å². The Morgan fingerprint density at radius 1 is 0.811 bits per heavy atom. The number of hydrogen-bond donors (Lipinski definition) is 3. The van der Waals surface area contributed by atoms with Crippen LogP contribution in [0.25, 0.3) is 11.0 Å². The average molecular weight is 559 g/mol. The first-order valence-electron chi connectivity index (χ1n) is 13.9. The summed E-state index contributed by atoms with van der Waals surface area (Å²) in [4.78, 5) is 7.25. The van der Waals surface area contributed by atoms with E-state index in [1.54, 1.807) is 0 Å². The van der Waals surface area contributed by atoms with Gasteiger partial charge in [-0.2, -0.15) is 16.8 Å². The molecule has 1 aromatic carbocycles. The smallest absolute Gasteiger partial charge is 0.294 e. The van der Waals surface area contributed by atoms with Gasteiger partial charge in [0.15, 0.2) is 0 Å². The van der Waals surface area contributed by atoms with Crippen molar-refractivity contribution in [3.05, 3.63) is 24.0 Å². The number of rotatable bonds is 20. The minimum Gasteiger partial charge on any atom is -0.342 e. The Hall–Kier alpha value is -1.49. The predicted octanol–water partition coefficient (Wildman–Crippen LogP) is 7.12. The van der Waals surface area contributed by atoms with Gasteiger partial charge in [-0.1, -0.05) is 96.8 Å². The maximum absolute atomic E-state index is 11.9. The van der Waals surface area contributed by atoms with Crippen molar-refractivity contribution in [2.75, 3.05) is 0 Å². The largest absolute Gasteiger partial charge is 0.342 e. The molecule has 2 aromatic rings. The summed E-state index contributed by atoms with van der Waals surface area (Å²) in [7, 11) is -8.53. The summed E-state index contributed by atoms with van der Waals surface area (Å²) in [5.74, 6) is 0.197. The average Bonchev–Trinajstić information content (AvgIpc) is 3.23. The van der Waals surface area contributed by atoms with Crippen LogP contribution in [0.1, 0.15) is 116 Å². The molecule has 0 fully saturated rings. The molecule has 0 radical (unpaired) electrons. The molecule has 212 valence electrons. The molecule has 0 spiro atoms. The van der Waals surface area contributed by atoms with Crippen molar-refractivity contribution in [2.24, 2.45) is 5.92 Å². The molecule has 0 aliphatic carbocycles. The number of nitrogens with zero attached hydrogens (tertiary/aromatic N) is 1. The van der Waals surface area contributed by atoms with Crippen LogP contribution < -0.4 is 0 Å². The van der Waals surface area contributed by atoms with Crippen molar-refractivity contribution in [1.29, 1.82) is 0 Å². The second kappa shape index (κ2) is 15.8. The summed E-state index contributed by atoms with van der Waals surface area (Å²) in [6.45, 7) is 3.76. The number of hydrogen-bond acceptors (Lipinski definition) is 5. The lowest BCUT2D eigenvalue weighted by Gasteiger charge is -2.21. The van der Waals surface area contributed by atoms with E-state index in [4.69, 9.17) is 0 Å². The van der Waals surface area contributed by atoms with Crippen LogP contribution >= 0.6 is 0 Å². The maximum Gasteiger partial charge on any atom is 0.294 e. The summed E-state index contributed by atoms with van der Waals surface area (Å²) in [5.41, 5.74) is 0.969. The van der Waals surface area contributed by atoms with E-state index in [0.29, 0.717) is 29.7 Å². The van der Waals surface area contributed by atoms with E-state index in [9.17, 15) is 25.9 Å². The Morgan fingerprint density at radius 3 is 1.81 bits per heavy atom. The van der Waals surface area contributed by atoms with E-state index in [-0.39, 0.29) is 10.8 Å². The first kappa shape index (κ1) is 31.7. The highest BCUT2D eigenvalue weighted by Gasteiger charge is 2.28. The van der Waals surface area contributed by atoms with Gasteiger partial charge in [0.1, 0.15) is 5.82 Å². The number of fused-ring (bicyclic) bond motifs is 1. The molecular weight excluding hydrogens is 512 g/mol. The van der Waals surface area contributed by atoms with Crippen molar-refractivity contribution >= 4 is 31.3 Å². The van der Waals surface area contributed by atoms with Gasteiger partial charge in [-0.3, -0.25) is 9.11 Å². The second-order valence-electron chi connectivity index (χ2n) is 10.4. The van der Waals surface area contributed by atoms with Gasteiger partial charge in [-0.25, -0.2) is 4.98 Å². The summed E-state index contributed by atoms with van der Waals surface area (Å²) in [6, 6.07) is 4.07. The van der Waals surface area contributed by atoms with Gasteiger partial charge in [0.2, 0.25) is 0 Å². The molecule has 1 heterocycles. The number of aromatic amines is 1. The van der Waals surface area contributed by atoms with Gasteiger partial charge in [0.05, 0.1) is 21.2 Å². The summed E-state index contributed by atoms with van der Waals surface area (Å²) in [5, 5.41) is -0.934. The monoisotopic (exact) mass is 558 g/mol. The highest BCUT2D eigenvalue weighted by atomic mass is 32.2. The van der Waals surface area contributed by atoms with Gasteiger partial charge in [0.25, 0.3) is 20.2 Å². The quantitative estimate of drug-likeness (QED) is 0.116. The molecule has 0 amide bonds. The van der Waals surface area contributed by atoms with Crippen molar-refractivity contribution in [3.63, 3.8) is 0 Å². The normalized spacial score (nSPS) is 14.3. The number of aromatic nitrogens is 2. The van der Waals surface area contributed by atoms with Crippen LogP contribution in [-0.4, -0.2) is 41.2 Å². The Bertz CT molecular complexity index is 1140. The number of imidazole rings is 1. The lowest BCUT2D eigenvalue weighted by atomic mass is 9.94. The molecule has 3 N–H and O–H groups in total. The molecule has 8 nitrogen and oxygen atoms in total. The van der Waals surface area contributed by atoms with Crippen molar-refractivity contribution in [2.45, 2.75) is 127 Å². The van der Waals surface area contributed by atoms with Crippen LogP contribution in [0.3, 0.4) is 0 Å². The minimum absolute atomic E-state index is 0.236. The van der Waals surface area contributed by atoms with Crippen LogP contribution in [0, 0.1) is 5.92 Å². The summed E-state index contributed by atoms with van der Waals surface area (Å²) in [6.07, 6.45) is 18.4. The molecule has 2 rings (SSSR count). The SMILES string of the molecule is CCCCCCCCCCCCCCCCC(Cc1nc2ccc(S(=O)(=O)O)cc2[nH]1)C(C)S(=O)(=O)O. The topological polar surface area (TPSA) is 137 Å². The van der Waals surface area contributed by atoms with Gasteiger partial charge in [-0.05, 0) is 37.5 Å². The second-order valence-corrected chi connectivity index (χ2v) is 13.6.